The van der Waals surface area contributed by atoms with E-state index >= 15 is 0 Å². The van der Waals surface area contributed by atoms with E-state index in [1.807, 2.05) is 30.3 Å². The van der Waals surface area contributed by atoms with Crippen LogP contribution < -0.4 is 11.1 Å². The molecule has 3 rings (SSSR count). The zero-order valence-corrected chi connectivity index (χ0v) is 17.7. The summed E-state index contributed by atoms with van der Waals surface area (Å²) in [6.07, 6.45) is -0.602. The van der Waals surface area contributed by atoms with Crippen molar-refractivity contribution in [2.24, 2.45) is 12.2 Å². The largest absolute Gasteiger partial charge is 0.444 e. The Labute approximate surface area is 178 Å². The molecule has 0 atom stereocenters. The summed E-state index contributed by atoms with van der Waals surface area (Å²) in [6.45, 7) is 5.35. The third-order valence-electron chi connectivity index (χ3n) is 3.86. The Bertz CT molecular complexity index is 1130. The van der Waals surface area contributed by atoms with Gasteiger partial charge in [0.05, 0.1) is 5.69 Å². The maximum absolute atomic E-state index is 11.9. The van der Waals surface area contributed by atoms with Gasteiger partial charge in [-0.1, -0.05) is 46.7 Å². The van der Waals surface area contributed by atoms with Gasteiger partial charge >= 0.3 is 11.8 Å². The number of amides is 1. The third kappa shape index (κ3) is 6.01. The number of ether oxygens (including phenoxy) is 1. The van der Waals surface area contributed by atoms with Gasteiger partial charge in [-0.15, -0.1) is 0 Å². The Morgan fingerprint density at radius 1 is 1.16 bits per heavy atom. The molecule has 0 radical (unpaired) electrons. The molecule has 3 aromatic rings. The van der Waals surface area contributed by atoms with Crippen LogP contribution in [0.1, 0.15) is 37.9 Å². The molecule has 1 N–H and O–H groups in total. The zero-order chi connectivity index (χ0) is 22.4. The summed E-state index contributed by atoms with van der Waals surface area (Å²) in [4.78, 5) is 33.4. The van der Waals surface area contributed by atoms with Crippen molar-refractivity contribution in [3.8, 4) is 0 Å². The topological polar surface area (TPSA) is 121 Å². The SMILES string of the molecule is Cn1c(/C(=N/OCc2cccc(NC(=O)OC(C)(C)C)n2)c2ccccc2)noc1=O. The van der Waals surface area contributed by atoms with Crippen LogP contribution in [0.4, 0.5) is 10.6 Å². The van der Waals surface area contributed by atoms with Gasteiger partial charge in [0.2, 0.25) is 5.82 Å². The highest BCUT2D eigenvalue weighted by molar-refractivity contribution is 6.10. The van der Waals surface area contributed by atoms with Gasteiger partial charge in [-0.25, -0.2) is 14.6 Å². The van der Waals surface area contributed by atoms with Gasteiger partial charge in [0.25, 0.3) is 0 Å². The van der Waals surface area contributed by atoms with Crippen molar-refractivity contribution in [3.63, 3.8) is 0 Å². The summed E-state index contributed by atoms with van der Waals surface area (Å²) in [7, 11) is 1.53. The molecular weight excluding hydrogens is 402 g/mol. The first-order valence-electron chi connectivity index (χ1n) is 9.47. The minimum Gasteiger partial charge on any atom is -0.444 e. The number of carbonyl (C=O) groups excluding carboxylic acids is 1. The lowest BCUT2D eigenvalue weighted by Crippen LogP contribution is -2.27. The molecule has 0 saturated heterocycles. The van der Waals surface area contributed by atoms with E-state index in [-0.39, 0.29) is 12.4 Å². The van der Waals surface area contributed by atoms with Gasteiger partial charge in [-0.05, 0) is 32.9 Å². The lowest BCUT2D eigenvalue weighted by molar-refractivity contribution is 0.0635. The number of benzene rings is 1. The number of nitrogens with zero attached hydrogens (tertiary/aromatic N) is 4. The summed E-state index contributed by atoms with van der Waals surface area (Å²) >= 11 is 0. The van der Waals surface area contributed by atoms with Crippen LogP contribution in [0.15, 0.2) is 63.0 Å². The minimum absolute atomic E-state index is 0.0198. The lowest BCUT2D eigenvalue weighted by atomic mass is 10.1. The molecule has 0 unspecified atom stereocenters. The van der Waals surface area contributed by atoms with E-state index in [0.717, 1.165) is 0 Å². The predicted molar refractivity (Wildman–Crippen MR) is 113 cm³/mol. The summed E-state index contributed by atoms with van der Waals surface area (Å²) in [6, 6.07) is 14.2. The van der Waals surface area contributed by atoms with E-state index < -0.39 is 17.5 Å². The second-order valence-corrected chi connectivity index (χ2v) is 7.55. The fraction of sp³-hybridized carbons (Fsp3) is 0.286. The molecule has 0 saturated carbocycles. The van der Waals surface area contributed by atoms with E-state index in [1.54, 1.807) is 39.0 Å². The van der Waals surface area contributed by atoms with Crippen LogP contribution >= 0.6 is 0 Å². The molecule has 0 aliphatic heterocycles. The number of oxime groups is 1. The Balaban J connectivity index is 1.75. The Morgan fingerprint density at radius 2 is 1.90 bits per heavy atom. The minimum atomic E-state index is -0.616. The Morgan fingerprint density at radius 3 is 2.55 bits per heavy atom. The van der Waals surface area contributed by atoms with Crippen LogP contribution in [0.3, 0.4) is 0 Å². The highest BCUT2D eigenvalue weighted by Crippen LogP contribution is 2.12. The molecule has 0 aliphatic carbocycles. The van der Waals surface area contributed by atoms with Crippen molar-refractivity contribution >= 4 is 17.6 Å². The van der Waals surface area contributed by atoms with Crippen molar-refractivity contribution in [1.82, 2.24) is 14.7 Å². The fourth-order valence-corrected chi connectivity index (χ4v) is 2.51. The fourth-order valence-electron chi connectivity index (χ4n) is 2.51. The first kappa shape index (κ1) is 21.8. The number of hydrogen-bond donors (Lipinski definition) is 1. The third-order valence-corrected chi connectivity index (χ3v) is 3.86. The van der Waals surface area contributed by atoms with E-state index in [9.17, 15) is 9.59 Å². The molecule has 2 aromatic heterocycles. The van der Waals surface area contributed by atoms with Crippen LogP contribution in [0.5, 0.6) is 0 Å². The van der Waals surface area contributed by atoms with Crippen LogP contribution in [-0.2, 0) is 23.2 Å². The van der Waals surface area contributed by atoms with Crippen LogP contribution in [-0.4, -0.2) is 32.1 Å². The van der Waals surface area contributed by atoms with Crippen molar-refractivity contribution in [1.29, 1.82) is 0 Å². The molecule has 0 fully saturated rings. The van der Waals surface area contributed by atoms with Gasteiger partial charge in [-0.3, -0.25) is 14.4 Å². The zero-order valence-electron chi connectivity index (χ0n) is 17.7. The van der Waals surface area contributed by atoms with Crippen LogP contribution in [0, 0.1) is 0 Å². The van der Waals surface area contributed by atoms with Crippen LogP contribution in [0.25, 0.3) is 0 Å². The van der Waals surface area contributed by atoms with Gasteiger partial charge in [0.15, 0.2) is 12.3 Å². The normalized spacial score (nSPS) is 11.8. The summed E-state index contributed by atoms with van der Waals surface area (Å²) in [5.41, 5.74) is 0.935. The molecule has 10 nitrogen and oxygen atoms in total. The van der Waals surface area contributed by atoms with Gasteiger partial charge in [-0.2, -0.15) is 0 Å². The smallest absolute Gasteiger partial charge is 0.441 e. The summed E-state index contributed by atoms with van der Waals surface area (Å²) in [5, 5.41) is 10.5. The highest BCUT2D eigenvalue weighted by atomic mass is 16.6. The maximum atomic E-state index is 11.9. The molecule has 10 heteroatoms. The van der Waals surface area contributed by atoms with E-state index in [0.29, 0.717) is 22.8 Å². The van der Waals surface area contributed by atoms with Gasteiger partial charge in [0, 0.05) is 12.6 Å². The van der Waals surface area contributed by atoms with E-state index in [2.05, 4.69) is 20.6 Å². The average Bonchev–Trinajstić information content (AvgIpc) is 3.03. The molecule has 0 spiro atoms. The Kier molecular flexibility index (Phi) is 6.49. The van der Waals surface area contributed by atoms with Gasteiger partial charge < -0.3 is 9.57 Å². The van der Waals surface area contributed by atoms with Crippen molar-refractivity contribution in [3.05, 3.63) is 76.2 Å². The van der Waals surface area contributed by atoms with Gasteiger partial charge in [0.1, 0.15) is 11.4 Å². The standard InChI is InChI=1S/C21H23N5O5/c1-21(2,3)30-19(27)23-16-12-8-11-15(22-16)13-29-24-17(14-9-6-5-7-10-14)18-25-31-20(28)26(18)4/h5-12H,13H2,1-4H3,(H,22,23,27)/b24-17+. The van der Waals surface area contributed by atoms with E-state index in [4.69, 9.17) is 14.1 Å². The first-order chi connectivity index (χ1) is 14.7. The molecule has 31 heavy (non-hydrogen) atoms. The molecule has 1 amide bonds. The second kappa shape index (κ2) is 9.24. The number of hydrogen-bond acceptors (Lipinski definition) is 8. The number of aromatic nitrogens is 3. The molecule has 162 valence electrons. The summed E-state index contributed by atoms with van der Waals surface area (Å²) in [5.74, 6) is -0.0628. The van der Waals surface area contributed by atoms with E-state index in [1.165, 1.54) is 11.6 Å². The first-order valence-corrected chi connectivity index (χ1v) is 9.47. The van der Waals surface area contributed by atoms with Crippen molar-refractivity contribution in [2.45, 2.75) is 33.0 Å². The highest BCUT2D eigenvalue weighted by Gasteiger charge is 2.18. The second-order valence-electron chi connectivity index (χ2n) is 7.55. The lowest BCUT2D eigenvalue weighted by Gasteiger charge is -2.19. The van der Waals surface area contributed by atoms with Crippen molar-refractivity contribution < 1.29 is 18.9 Å². The monoisotopic (exact) mass is 425 g/mol. The summed E-state index contributed by atoms with van der Waals surface area (Å²) < 4.78 is 11.2. The quantitative estimate of drug-likeness (QED) is 0.476. The molecule has 2 heterocycles. The number of carbonyl (C=O) groups is 1. The number of pyridine rings is 1. The van der Waals surface area contributed by atoms with Crippen molar-refractivity contribution in [2.75, 3.05) is 5.32 Å². The molecule has 0 aliphatic rings. The average molecular weight is 425 g/mol. The number of rotatable bonds is 6. The van der Waals surface area contributed by atoms with Crippen LogP contribution in [0.2, 0.25) is 0 Å². The number of anilines is 1. The maximum Gasteiger partial charge on any atom is 0.441 e. The number of nitrogens with one attached hydrogen (secondary N) is 1. The molecule has 0 bridgehead atoms. The Hall–Kier alpha value is -3.95. The predicted octanol–water partition coefficient (Wildman–Crippen LogP) is 3.08. The molecule has 1 aromatic carbocycles. The molecular formula is C21H23N5O5.